The van der Waals surface area contributed by atoms with Crippen molar-refractivity contribution in [1.29, 1.82) is 5.26 Å². The lowest BCUT2D eigenvalue weighted by Gasteiger charge is -2.12. The van der Waals surface area contributed by atoms with Crippen LogP contribution in [0, 0.1) is 16.7 Å². The van der Waals surface area contributed by atoms with Gasteiger partial charge in [-0.3, -0.25) is 10.1 Å². The number of aromatic amines is 1. The van der Waals surface area contributed by atoms with Crippen molar-refractivity contribution in [2.45, 2.75) is 13.8 Å². The Morgan fingerprint density at radius 3 is 2.92 bits per heavy atom. The number of carbonyl (C=O) groups excluding carboxylic acids is 1. The number of hydrogen-bond acceptors (Lipinski definition) is 3. The van der Waals surface area contributed by atoms with E-state index in [1.807, 2.05) is 6.07 Å². The van der Waals surface area contributed by atoms with Crippen LogP contribution in [0.1, 0.15) is 13.8 Å². The molecule has 0 aliphatic carbocycles. The molecule has 0 spiro atoms. The summed E-state index contributed by atoms with van der Waals surface area (Å²) in [6.07, 6.45) is 3.12. The monoisotopic (exact) mass is 178 g/mol. The van der Waals surface area contributed by atoms with Crippen LogP contribution in [0.15, 0.2) is 12.4 Å². The molecule has 1 amide bonds. The lowest BCUT2D eigenvalue weighted by molar-refractivity contribution is -0.121. The van der Waals surface area contributed by atoms with Crippen molar-refractivity contribution in [3.63, 3.8) is 0 Å². The van der Waals surface area contributed by atoms with E-state index in [1.54, 1.807) is 20.0 Å². The molecule has 1 heterocycles. The maximum Gasteiger partial charge on any atom is 0.246 e. The standard InChI is InChI=1S/C8H10N4O/c1-8(2,5-9)6(13)12-7-10-3-4-11-7/h3-4H,1-2H3,(H2,10,11,12,13). The van der Waals surface area contributed by atoms with Crippen LogP contribution in [-0.4, -0.2) is 15.9 Å². The Hall–Kier alpha value is -1.83. The Balaban J connectivity index is 2.68. The van der Waals surface area contributed by atoms with E-state index >= 15 is 0 Å². The SMILES string of the molecule is CC(C)(C#N)C(=O)Nc1ncc[nH]1. The lowest BCUT2D eigenvalue weighted by Crippen LogP contribution is -2.29. The number of nitrogens with zero attached hydrogens (tertiary/aromatic N) is 2. The minimum Gasteiger partial charge on any atom is -0.331 e. The molecule has 0 unspecified atom stereocenters. The molecule has 0 saturated carbocycles. The first-order chi connectivity index (χ1) is 6.06. The summed E-state index contributed by atoms with van der Waals surface area (Å²) in [7, 11) is 0. The highest BCUT2D eigenvalue weighted by Crippen LogP contribution is 2.14. The van der Waals surface area contributed by atoms with Crippen molar-refractivity contribution in [2.24, 2.45) is 5.41 Å². The van der Waals surface area contributed by atoms with Crippen LogP contribution in [0.2, 0.25) is 0 Å². The quantitative estimate of drug-likeness (QED) is 0.705. The molecule has 1 aromatic rings. The van der Waals surface area contributed by atoms with Crippen molar-refractivity contribution in [1.82, 2.24) is 9.97 Å². The van der Waals surface area contributed by atoms with E-state index in [9.17, 15) is 4.79 Å². The second-order valence-corrected chi connectivity index (χ2v) is 3.13. The number of imidazole rings is 1. The zero-order valence-corrected chi connectivity index (χ0v) is 7.46. The topological polar surface area (TPSA) is 81.6 Å². The second kappa shape index (κ2) is 3.27. The van der Waals surface area contributed by atoms with E-state index < -0.39 is 5.41 Å². The van der Waals surface area contributed by atoms with Crippen LogP contribution in [0.3, 0.4) is 0 Å². The molecular weight excluding hydrogens is 168 g/mol. The van der Waals surface area contributed by atoms with E-state index in [2.05, 4.69) is 15.3 Å². The smallest absolute Gasteiger partial charge is 0.246 e. The van der Waals surface area contributed by atoms with Crippen LogP contribution in [0.4, 0.5) is 5.95 Å². The summed E-state index contributed by atoms with van der Waals surface area (Å²) < 4.78 is 0. The first-order valence-electron chi connectivity index (χ1n) is 3.78. The Bertz CT molecular complexity index is 334. The summed E-state index contributed by atoms with van der Waals surface area (Å²) >= 11 is 0. The molecule has 1 rings (SSSR count). The van der Waals surface area contributed by atoms with Gasteiger partial charge in [0.05, 0.1) is 6.07 Å². The summed E-state index contributed by atoms with van der Waals surface area (Å²) in [5.74, 6) is -0.0155. The number of amides is 1. The third-order valence-corrected chi connectivity index (χ3v) is 1.58. The van der Waals surface area contributed by atoms with Crippen molar-refractivity contribution in [3.05, 3.63) is 12.4 Å². The van der Waals surface area contributed by atoms with Crippen molar-refractivity contribution >= 4 is 11.9 Å². The maximum absolute atomic E-state index is 11.4. The first-order valence-corrected chi connectivity index (χ1v) is 3.78. The number of rotatable bonds is 2. The third-order valence-electron chi connectivity index (χ3n) is 1.58. The summed E-state index contributed by atoms with van der Waals surface area (Å²) in [6, 6.07) is 1.90. The molecule has 0 bridgehead atoms. The van der Waals surface area contributed by atoms with Gasteiger partial charge in [-0.15, -0.1) is 0 Å². The molecule has 0 aliphatic rings. The van der Waals surface area contributed by atoms with E-state index in [0.717, 1.165) is 0 Å². The van der Waals surface area contributed by atoms with Gasteiger partial charge in [-0.25, -0.2) is 4.98 Å². The molecule has 1 aromatic heterocycles. The Morgan fingerprint density at radius 1 is 1.77 bits per heavy atom. The highest BCUT2D eigenvalue weighted by atomic mass is 16.2. The van der Waals surface area contributed by atoms with Crippen LogP contribution in [0.5, 0.6) is 0 Å². The maximum atomic E-state index is 11.4. The second-order valence-electron chi connectivity index (χ2n) is 3.13. The summed E-state index contributed by atoms with van der Waals surface area (Å²) in [5, 5.41) is 11.1. The van der Waals surface area contributed by atoms with Crippen LogP contribution in [0.25, 0.3) is 0 Å². The van der Waals surface area contributed by atoms with E-state index in [1.165, 1.54) is 6.20 Å². The summed E-state index contributed by atoms with van der Waals surface area (Å²) in [5.41, 5.74) is -1.03. The predicted octanol–water partition coefficient (Wildman–Crippen LogP) is 0.898. The van der Waals surface area contributed by atoms with Gasteiger partial charge >= 0.3 is 0 Å². The highest BCUT2D eigenvalue weighted by Gasteiger charge is 2.27. The fourth-order valence-electron chi connectivity index (χ4n) is 0.648. The summed E-state index contributed by atoms with van der Waals surface area (Å²) in [4.78, 5) is 17.9. The number of H-pyrrole nitrogens is 1. The predicted molar refractivity (Wildman–Crippen MR) is 46.6 cm³/mol. The van der Waals surface area contributed by atoms with Gasteiger partial charge in [-0.1, -0.05) is 0 Å². The average Bonchev–Trinajstić information content (AvgIpc) is 2.57. The fraction of sp³-hybridized carbons (Fsp3) is 0.375. The first kappa shape index (κ1) is 9.26. The van der Waals surface area contributed by atoms with Gasteiger partial charge in [0.15, 0.2) is 0 Å². The molecule has 0 fully saturated rings. The zero-order chi connectivity index (χ0) is 9.90. The number of nitriles is 1. The van der Waals surface area contributed by atoms with Gasteiger partial charge in [0, 0.05) is 12.4 Å². The number of aromatic nitrogens is 2. The van der Waals surface area contributed by atoms with Crippen molar-refractivity contribution in [3.8, 4) is 6.07 Å². The molecule has 2 N–H and O–H groups in total. The minimum absolute atomic E-state index is 0.355. The van der Waals surface area contributed by atoms with Crippen LogP contribution in [-0.2, 0) is 4.79 Å². The third kappa shape index (κ3) is 2.06. The largest absolute Gasteiger partial charge is 0.331 e. The highest BCUT2D eigenvalue weighted by molar-refractivity contribution is 5.95. The number of anilines is 1. The molecule has 0 radical (unpaired) electrons. The number of hydrogen-bond donors (Lipinski definition) is 2. The van der Waals surface area contributed by atoms with Crippen molar-refractivity contribution in [2.75, 3.05) is 5.32 Å². The lowest BCUT2D eigenvalue weighted by atomic mass is 9.95. The number of nitrogens with one attached hydrogen (secondary N) is 2. The molecule has 0 atom stereocenters. The van der Waals surface area contributed by atoms with Crippen molar-refractivity contribution < 1.29 is 4.79 Å². The summed E-state index contributed by atoms with van der Waals surface area (Å²) in [6.45, 7) is 3.09. The molecule has 5 nitrogen and oxygen atoms in total. The molecule has 0 aromatic carbocycles. The molecule has 0 aliphatic heterocycles. The Morgan fingerprint density at radius 2 is 2.46 bits per heavy atom. The van der Waals surface area contributed by atoms with Gasteiger partial charge in [0.1, 0.15) is 5.41 Å². The Kier molecular flexibility index (Phi) is 2.33. The van der Waals surface area contributed by atoms with Gasteiger partial charge in [0.25, 0.3) is 0 Å². The van der Waals surface area contributed by atoms with Crippen LogP contribution >= 0.6 is 0 Å². The van der Waals surface area contributed by atoms with Gasteiger partial charge in [-0.05, 0) is 13.8 Å². The molecule has 13 heavy (non-hydrogen) atoms. The fourth-order valence-corrected chi connectivity index (χ4v) is 0.648. The minimum atomic E-state index is -1.03. The van der Waals surface area contributed by atoms with Gasteiger partial charge in [-0.2, -0.15) is 5.26 Å². The van der Waals surface area contributed by atoms with Gasteiger partial charge < -0.3 is 4.98 Å². The zero-order valence-electron chi connectivity index (χ0n) is 7.46. The van der Waals surface area contributed by atoms with Crippen LogP contribution < -0.4 is 5.32 Å². The molecule has 5 heteroatoms. The van der Waals surface area contributed by atoms with E-state index in [0.29, 0.717) is 5.95 Å². The average molecular weight is 178 g/mol. The molecular formula is C8H10N4O. The van der Waals surface area contributed by atoms with E-state index in [-0.39, 0.29) is 5.91 Å². The normalized spacial score (nSPS) is 10.5. The van der Waals surface area contributed by atoms with Gasteiger partial charge in [0.2, 0.25) is 11.9 Å². The Labute approximate surface area is 75.8 Å². The molecule has 0 saturated heterocycles. The number of carbonyl (C=O) groups is 1. The van der Waals surface area contributed by atoms with E-state index in [4.69, 9.17) is 5.26 Å². The molecule has 68 valence electrons.